The van der Waals surface area contributed by atoms with Crippen molar-refractivity contribution >= 4 is 33.0 Å². The first kappa shape index (κ1) is 9.99. The van der Waals surface area contributed by atoms with Crippen LogP contribution in [0.5, 0.6) is 0 Å². The summed E-state index contributed by atoms with van der Waals surface area (Å²) in [5.74, 6) is 0. The first-order valence-corrected chi connectivity index (χ1v) is 5.64. The van der Waals surface area contributed by atoms with Gasteiger partial charge >= 0.3 is 0 Å². The summed E-state index contributed by atoms with van der Waals surface area (Å²) < 4.78 is 2.96. The molecule has 0 bridgehead atoms. The number of hydrogen-bond acceptors (Lipinski definition) is 1. The minimum atomic E-state index is 0.748. The highest BCUT2D eigenvalue weighted by molar-refractivity contribution is 9.10. The Bertz CT molecular complexity index is 490. The maximum Gasteiger partial charge on any atom is 0.0824 e. The van der Waals surface area contributed by atoms with Gasteiger partial charge < -0.3 is 0 Å². The molecule has 0 saturated heterocycles. The number of aromatic nitrogens is 2. The Kier molecular flexibility index (Phi) is 2.54. The van der Waals surface area contributed by atoms with Gasteiger partial charge in [0.15, 0.2) is 0 Å². The van der Waals surface area contributed by atoms with E-state index in [-0.39, 0.29) is 0 Å². The first-order chi connectivity index (χ1) is 6.63. The van der Waals surface area contributed by atoms with Gasteiger partial charge in [-0.25, -0.2) is 4.52 Å². The highest BCUT2D eigenvalue weighted by Crippen LogP contribution is 2.26. The smallest absolute Gasteiger partial charge is 0.0824 e. The standard InChI is InChI=1S/C10H10BrClN2/c1-3-8-10(11)9-5-7(12)4-6(2)14(9)13-8/h4-5H,3H2,1-2H3. The monoisotopic (exact) mass is 272 g/mol. The van der Waals surface area contributed by atoms with Crippen LogP contribution in [0.25, 0.3) is 5.52 Å². The molecule has 0 unspecified atom stereocenters. The van der Waals surface area contributed by atoms with E-state index in [2.05, 4.69) is 28.0 Å². The van der Waals surface area contributed by atoms with Gasteiger partial charge in [-0.15, -0.1) is 0 Å². The van der Waals surface area contributed by atoms with Gasteiger partial charge in [0.1, 0.15) is 0 Å². The summed E-state index contributed by atoms with van der Waals surface area (Å²) in [4.78, 5) is 0. The fourth-order valence-corrected chi connectivity index (χ4v) is 2.41. The maximum absolute atomic E-state index is 5.99. The van der Waals surface area contributed by atoms with Crippen LogP contribution in [-0.2, 0) is 6.42 Å². The number of pyridine rings is 1. The minimum absolute atomic E-state index is 0.748. The lowest BCUT2D eigenvalue weighted by Crippen LogP contribution is -1.93. The summed E-state index contributed by atoms with van der Waals surface area (Å²) >= 11 is 9.52. The number of hydrogen-bond donors (Lipinski definition) is 0. The Morgan fingerprint density at radius 2 is 2.21 bits per heavy atom. The van der Waals surface area contributed by atoms with E-state index < -0.39 is 0 Å². The lowest BCUT2D eigenvalue weighted by molar-refractivity contribution is 0.867. The van der Waals surface area contributed by atoms with Gasteiger partial charge in [-0.3, -0.25) is 0 Å². The van der Waals surface area contributed by atoms with E-state index in [1.165, 1.54) is 0 Å². The lowest BCUT2D eigenvalue weighted by atomic mass is 10.3. The number of rotatable bonds is 1. The van der Waals surface area contributed by atoms with Gasteiger partial charge in [0, 0.05) is 10.7 Å². The zero-order chi connectivity index (χ0) is 10.3. The van der Waals surface area contributed by atoms with E-state index in [0.29, 0.717) is 0 Å². The second-order valence-electron chi connectivity index (χ2n) is 3.23. The van der Waals surface area contributed by atoms with Crippen LogP contribution in [-0.4, -0.2) is 9.61 Å². The van der Waals surface area contributed by atoms with Gasteiger partial charge in [-0.2, -0.15) is 5.10 Å². The van der Waals surface area contributed by atoms with Crippen molar-refractivity contribution in [2.45, 2.75) is 20.3 Å². The molecule has 0 aliphatic carbocycles. The predicted molar refractivity (Wildman–Crippen MR) is 62.0 cm³/mol. The average Bonchev–Trinajstić information content (AvgIpc) is 2.44. The number of fused-ring (bicyclic) bond motifs is 1. The molecular weight excluding hydrogens is 263 g/mol. The summed E-state index contributed by atoms with van der Waals surface area (Å²) in [5.41, 5.74) is 3.15. The van der Waals surface area contributed by atoms with Gasteiger partial charge in [-0.05, 0) is 41.4 Å². The summed E-state index contributed by atoms with van der Waals surface area (Å²) in [5, 5.41) is 5.23. The highest BCUT2D eigenvalue weighted by atomic mass is 79.9. The molecule has 2 aromatic rings. The van der Waals surface area contributed by atoms with Gasteiger partial charge in [0.2, 0.25) is 0 Å². The van der Waals surface area contributed by atoms with Crippen LogP contribution in [0.3, 0.4) is 0 Å². The second-order valence-corrected chi connectivity index (χ2v) is 4.46. The predicted octanol–water partition coefficient (Wildman–Crippen LogP) is 3.62. The molecule has 0 radical (unpaired) electrons. The Balaban J connectivity index is 2.85. The molecular formula is C10H10BrClN2. The van der Waals surface area contributed by atoms with Crippen LogP contribution in [0.15, 0.2) is 16.6 Å². The number of nitrogens with zero attached hydrogens (tertiary/aromatic N) is 2. The van der Waals surface area contributed by atoms with Crippen molar-refractivity contribution in [3.8, 4) is 0 Å². The molecule has 2 nitrogen and oxygen atoms in total. The Morgan fingerprint density at radius 3 is 2.86 bits per heavy atom. The number of halogens is 2. The van der Waals surface area contributed by atoms with Crippen LogP contribution in [0.4, 0.5) is 0 Å². The zero-order valence-electron chi connectivity index (χ0n) is 8.01. The third-order valence-electron chi connectivity index (χ3n) is 2.22. The first-order valence-electron chi connectivity index (χ1n) is 4.46. The van der Waals surface area contributed by atoms with Crippen LogP contribution < -0.4 is 0 Å². The molecule has 14 heavy (non-hydrogen) atoms. The maximum atomic E-state index is 5.99. The third-order valence-corrected chi connectivity index (χ3v) is 3.30. The molecule has 2 rings (SSSR count). The van der Waals surface area contributed by atoms with Crippen molar-refractivity contribution < 1.29 is 0 Å². The molecule has 0 fully saturated rings. The van der Waals surface area contributed by atoms with E-state index >= 15 is 0 Å². The van der Waals surface area contributed by atoms with Crippen LogP contribution in [0.2, 0.25) is 5.02 Å². The molecule has 0 aliphatic rings. The van der Waals surface area contributed by atoms with Crippen molar-refractivity contribution in [2.75, 3.05) is 0 Å². The fourth-order valence-electron chi connectivity index (χ4n) is 1.51. The Labute approximate surface area is 96.0 Å². The van der Waals surface area contributed by atoms with Crippen LogP contribution >= 0.6 is 27.5 Å². The van der Waals surface area contributed by atoms with Crippen LogP contribution in [0.1, 0.15) is 18.3 Å². The van der Waals surface area contributed by atoms with E-state index in [9.17, 15) is 0 Å². The fraction of sp³-hybridized carbons (Fsp3) is 0.300. The van der Waals surface area contributed by atoms with Gasteiger partial charge in [0.25, 0.3) is 0 Å². The minimum Gasteiger partial charge on any atom is -0.237 e. The lowest BCUT2D eigenvalue weighted by Gasteiger charge is -1.99. The summed E-state index contributed by atoms with van der Waals surface area (Å²) in [7, 11) is 0. The van der Waals surface area contributed by atoms with E-state index in [1.54, 1.807) is 0 Å². The molecule has 4 heteroatoms. The number of aryl methyl sites for hydroxylation is 2. The molecule has 2 heterocycles. The Morgan fingerprint density at radius 1 is 1.50 bits per heavy atom. The molecule has 74 valence electrons. The summed E-state index contributed by atoms with van der Waals surface area (Å²) in [6.07, 6.45) is 0.916. The average molecular weight is 274 g/mol. The highest BCUT2D eigenvalue weighted by Gasteiger charge is 2.10. The van der Waals surface area contributed by atoms with Crippen molar-refractivity contribution in [2.24, 2.45) is 0 Å². The Hall–Kier alpha value is -0.540. The van der Waals surface area contributed by atoms with E-state index in [1.807, 2.05) is 23.6 Å². The molecule has 0 saturated carbocycles. The summed E-state index contributed by atoms with van der Waals surface area (Å²) in [6, 6.07) is 3.83. The molecule has 0 atom stereocenters. The molecule has 0 aromatic carbocycles. The van der Waals surface area contributed by atoms with Gasteiger partial charge in [0.05, 0.1) is 15.7 Å². The molecule has 0 aliphatic heterocycles. The summed E-state index contributed by atoms with van der Waals surface area (Å²) in [6.45, 7) is 4.08. The third kappa shape index (κ3) is 1.44. The largest absolute Gasteiger partial charge is 0.237 e. The molecule has 0 spiro atoms. The van der Waals surface area contributed by atoms with Crippen molar-refractivity contribution in [1.82, 2.24) is 9.61 Å². The van der Waals surface area contributed by atoms with E-state index in [4.69, 9.17) is 11.6 Å². The van der Waals surface area contributed by atoms with Gasteiger partial charge in [-0.1, -0.05) is 18.5 Å². The van der Waals surface area contributed by atoms with Crippen molar-refractivity contribution in [3.05, 3.63) is 33.0 Å². The van der Waals surface area contributed by atoms with Crippen LogP contribution in [0, 0.1) is 6.92 Å². The normalized spacial score (nSPS) is 11.1. The van der Waals surface area contributed by atoms with E-state index in [0.717, 1.165) is 32.8 Å². The molecule has 2 aromatic heterocycles. The topological polar surface area (TPSA) is 17.3 Å². The quantitative estimate of drug-likeness (QED) is 0.776. The second kappa shape index (κ2) is 3.55. The SMILES string of the molecule is CCc1nn2c(C)cc(Cl)cc2c1Br. The zero-order valence-corrected chi connectivity index (χ0v) is 10.4. The molecule has 0 N–H and O–H groups in total. The van der Waals surface area contributed by atoms with Crippen molar-refractivity contribution in [3.63, 3.8) is 0 Å². The molecule has 0 amide bonds. The van der Waals surface area contributed by atoms with Crippen molar-refractivity contribution in [1.29, 1.82) is 0 Å².